The van der Waals surface area contributed by atoms with Crippen molar-refractivity contribution >= 4 is 84.9 Å². The van der Waals surface area contributed by atoms with Gasteiger partial charge in [-0.05, 0) is 126 Å². The van der Waals surface area contributed by atoms with Gasteiger partial charge < -0.3 is 14.7 Å². The van der Waals surface area contributed by atoms with Gasteiger partial charge in [0, 0.05) is 55.2 Å². The van der Waals surface area contributed by atoms with Crippen LogP contribution in [0.1, 0.15) is 49.6 Å². The predicted octanol–water partition coefficient (Wildman–Crippen LogP) is 11.5. The van der Waals surface area contributed by atoms with Crippen molar-refractivity contribution in [2.45, 2.75) is 51.9 Å². The number of anilines is 9. The Morgan fingerprint density at radius 3 is 1.72 bits per heavy atom. The summed E-state index contributed by atoms with van der Waals surface area (Å²) < 4.78 is 1.49. The molecule has 1 aliphatic carbocycles. The molecule has 10 rings (SSSR count). The summed E-state index contributed by atoms with van der Waals surface area (Å²) in [7, 11) is 0. The highest BCUT2D eigenvalue weighted by atomic mass is 32.1. The van der Waals surface area contributed by atoms with Crippen molar-refractivity contribution in [1.82, 2.24) is 0 Å². The van der Waals surface area contributed by atoms with Crippen molar-refractivity contribution in [2.24, 2.45) is 0 Å². The second-order valence-electron chi connectivity index (χ2n) is 15.6. The van der Waals surface area contributed by atoms with Crippen LogP contribution in [0.25, 0.3) is 0 Å². The zero-order chi connectivity index (χ0) is 35.7. The Labute approximate surface area is 317 Å². The van der Waals surface area contributed by atoms with E-state index < -0.39 is 0 Å². The van der Waals surface area contributed by atoms with Crippen molar-refractivity contribution in [3.63, 3.8) is 0 Å². The lowest BCUT2D eigenvalue weighted by Crippen LogP contribution is -2.60. The zero-order valence-electron chi connectivity index (χ0n) is 30.6. The molecule has 0 fully saturated rings. The molecule has 3 nitrogen and oxygen atoms in total. The number of para-hydroxylation sites is 4. The number of nitrogens with zero attached hydrogens (tertiary/aromatic N) is 3. The molecule has 0 atom stereocenters. The molecule has 0 unspecified atom stereocenters. The molecule has 1 aromatic heterocycles. The van der Waals surface area contributed by atoms with Gasteiger partial charge in [0.15, 0.2) is 0 Å². The van der Waals surface area contributed by atoms with Crippen LogP contribution in [-0.4, -0.2) is 6.71 Å². The molecule has 258 valence electrons. The summed E-state index contributed by atoms with van der Waals surface area (Å²) >= 11 is 2.08. The standard InChI is InChI=1S/C48H42BN3S/c1-48(2,3)33-30-42-45-43(31-33)52(37-24-14-7-15-25-37)46-39-26-16-17-27-44(39)53-47(46)49(45)40-29-28-38(32-41(40)51(42)36-22-12-6-13-23-36)50(34-18-8-4-9-19-34)35-20-10-5-11-21-35/h4-15,18-25,28-32H,16-17,26-27H2,1-3H3. The van der Waals surface area contributed by atoms with E-state index in [0.29, 0.717) is 0 Å². The van der Waals surface area contributed by atoms with Crippen LogP contribution in [0.15, 0.2) is 152 Å². The number of hydrogen-bond acceptors (Lipinski definition) is 4. The van der Waals surface area contributed by atoms with Gasteiger partial charge in [-0.15, -0.1) is 0 Å². The lowest BCUT2D eigenvalue weighted by molar-refractivity contribution is 0.590. The summed E-state index contributed by atoms with van der Waals surface area (Å²) in [5, 5.41) is 0. The Balaban J connectivity index is 1.30. The maximum atomic E-state index is 2.63. The zero-order valence-corrected chi connectivity index (χ0v) is 31.4. The third-order valence-electron chi connectivity index (χ3n) is 11.3. The van der Waals surface area contributed by atoms with E-state index in [0.717, 1.165) is 23.5 Å². The van der Waals surface area contributed by atoms with E-state index in [1.54, 1.807) is 10.4 Å². The first-order valence-electron chi connectivity index (χ1n) is 19.0. The number of hydrogen-bond donors (Lipinski definition) is 0. The molecule has 53 heavy (non-hydrogen) atoms. The van der Waals surface area contributed by atoms with Crippen LogP contribution in [0.4, 0.5) is 51.2 Å². The molecule has 0 bridgehead atoms. The third-order valence-corrected chi connectivity index (χ3v) is 12.7. The number of aryl methyl sites for hydroxylation is 1. The van der Waals surface area contributed by atoms with Crippen LogP contribution in [-0.2, 0) is 18.3 Å². The summed E-state index contributed by atoms with van der Waals surface area (Å²) in [5.74, 6) is 0. The predicted molar refractivity (Wildman–Crippen MR) is 228 cm³/mol. The number of thiophene rings is 1. The average Bonchev–Trinajstić information content (AvgIpc) is 3.58. The van der Waals surface area contributed by atoms with E-state index in [1.807, 2.05) is 0 Å². The molecule has 0 amide bonds. The maximum absolute atomic E-state index is 2.63. The minimum atomic E-state index is -0.0559. The van der Waals surface area contributed by atoms with Gasteiger partial charge in [0.1, 0.15) is 0 Å². The van der Waals surface area contributed by atoms with Crippen molar-refractivity contribution in [3.8, 4) is 0 Å². The number of rotatable bonds is 5. The first-order chi connectivity index (χ1) is 26.0. The van der Waals surface area contributed by atoms with Gasteiger partial charge in [-0.25, -0.2) is 0 Å². The van der Waals surface area contributed by atoms with Gasteiger partial charge in [0.05, 0.1) is 5.69 Å². The minimum Gasteiger partial charge on any atom is -0.311 e. The second-order valence-corrected chi connectivity index (χ2v) is 16.8. The normalized spacial score (nSPS) is 14.3. The molecular formula is C48H42BN3S. The van der Waals surface area contributed by atoms with Crippen molar-refractivity contribution < 1.29 is 0 Å². The van der Waals surface area contributed by atoms with Gasteiger partial charge >= 0.3 is 0 Å². The van der Waals surface area contributed by atoms with E-state index in [2.05, 4.69) is 198 Å². The summed E-state index contributed by atoms with van der Waals surface area (Å²) in [4.78, 5) is 9.16. The van der Waals surface area contributed by atoms with Crippen LogP contribution in [0.5, 0.6) is 0 Å². The van der Waals surface area contributed by atoms with Gasteiger partial charge in [-0.3, -0.25) is 0 Å². The molecule has 0 radical (unpaired) electrons. The molecule has 3 aliphatic rings. The third kappa shape index (κ3) is 5.24. The lowest BCUT2D eigenvalue weighted by Gasteiger charge is -2.44. The van der Waals surface area contributed by atoms with E-state index in [9.17, 15) is 0 Å². The Morgan fingerprint density at radius 2 is 1.11 bits per heavy atom. The van der Waals surface area contributed by atoms with Crippen molar-refractivity contribution in [3.05, 3.63) is 168 Å². The van der Waals surface area contributed by atoms with Crippen LogP contribution in [0, 0.1) is 0 Å². The second kappa shape index (κ2) is 12.6. The summed E-state index contributed by atoms with van der Waals surface area (Å²) in [5.41, 5.74) is 16.7. The number of benzene rings is 6. The Kier molecular flexibility index (Phi) is 7.62. The average molecular weight is 704 g/mol. The summed E-state index contributed by atoms with van der Waals surface area (Å²) in [6.45, 7) is 7.19. The molecule has 0 spiro atoms. The molecule has 7 aromatic rings. The van der Waals surface area contributed by atoms with Gasteiger partial charge in [-0.2, -0.15) is 11.3 Å². The highest BCUT2D eigenvalue weighted by Gasteiger charge is 2.46. The smallest absolute Gasteiger partial charge is 0.264 e. The Hall–Kier alpha value is -5.52. The summed E-state index contributed by atoms with van der Waals surface area (Å²) in [6.07, 6.45) is 4.83. The minimum absolute atomic E-state index is 0.0559. The first kappa shape index (κ1) is 32.2. The summed E-state index contributed by atoms with van der Waals surface area (Å²) in [6, 6.07) is 55.9. The maximum Gasteiger partial charge on any atom is 0.264 e. The van der Waals surface area contributed by atoms with Crippen molar-refractivity contribution in [2.75, 3.05) is 14.7 Å². The Bertz CT molecular complexity index is 2410. The van der Waals surface area contributed by atoms with Gasteiger partial charge in [0.2, 0.25) is 0 Å². The fourth-order valence-corrected chi connectivity index (χ4v) is 10.3. The van der Waals surface area contributed by atoms with Crippen molar-refractivity contribution in [1.29, 1.82) is 0 Å². The van der Waals surface area contributed by atoms with E-state index >= 15 is 0 Å². The first-order valence-corrected chi connectivity index (χ1v) is 19.8. The van der Waals surface area contributed by atoms with Crippen LogP contribution in [0.2, 0.25) is 0 Å². The van der Waals surface area contributed by atoms with Crippen LogP contribution >= 0.6 is 11.3 Å². The highest BCUT2D eigenvalue weighted by molar-refractivity contribution is 7.29. The SMILES string of the molecule is CC(C)(C)c1cc2c3c(c1)N(c1ccccc1)c1c(sc4c1CCCC4)B3c1ccc(N(c3ccccc3)c3ccccc3)cc1N2c1ccccc1. The largest absolute Gasteiger partial charge is 0.311 e. The van der Waals surface area contributed by atoms with E-state index in [-0.39, 0.29) is 12.1 Å². The highest BCUT2D eigenvalue weighted by Crippen LogP contribution is 2.50. The fraction of sp³-hybridized carbons (Fsp3) is 0.167. The van der Waals surface area contributed by atoms with Gasteiger partial charge in [0.25, 0.3) is 6.71 Å². The molecule has 0 N–H and O–H groups in total. The lowest BCUT2D eigenvalue weighted by atomic mass is 9.36. The number of fused-ring (bicyclic) bond motifs is 6. The molecule has 6 aromatic carbocycles. The molecule has 3 heterocycles. The quantitative estimate of drug-likeness (QED) is 0.165. The topological polar surface area (TPSA) is 9.72 Å². The molecule has 0 saturated heterocycles. The molecule has 5 heteroatoms. The van der Waals surface area contributed by atoms with Crippen LogP contribution in [0.3, 0.4) is 0 Å². The monoisotopic (exact) mass is 703 g/mol. The Morgan fingerprint density at radius 1 is 0.566 bits per heavy atom. The van der Waals surface area contributed by atoms with Crippen LogP contribution < -0.4 is 30.4 Å². The fourth-order valence-electron chi connectivity index (χ4n) is 8.82. The molecule has 0 saturated carbocycles. The molecular weight excluding hydrogens is 661 g/mol. The van der Waals surface area contributed by atoms with Gasteiger partial charge in [-0.1, -0.05) is 99.6 Å². The van der Waals surface area contributed by atoms with E-state index in [1.165, 1.54) is 74.7 Å². The molecule has 2 aliphatic heterocycles. The van der Waals surface area contributed by atoms with E-state index in [4.69, 9.17) is 0 Å².